The smallest absolute Gasteiger partial charge is 0.263 e. The summed E-state index contributed by atoms with van der Waals surface area (Å²) in [5.41, 5.74) is 8.02. The van der Waals surface area contributed by atoms with Crippen LogP contribution in [0, 0.1) is 0 Å². The van der Waals surface area contributed by atoms with Crippen LogP contribution in [-0.2, 0) is 15.0 Å². The highest BCUT2D eigenvalue weighted by atomic mass is 32.1. The van der Waals surface area contributed by atoms with Crippen molar-refractivity contribution < 1.29 is 9.59 Å². The number of para-hydroxylation sites is 1. The largest absolute Gasteiger partial charge is 0.347 e. The fourth-order valence-corrected chi connectivity index (χ4v) is 5.46. The summed E-state index contributed by atoms with van der Waals surface area (Å²) in [5.74, 6) is -0.935. The number of carbonyl (C=O) groups excluding carboxylic acids is 2. The van der Waals surface area contributed by atoms with E-state index in [1.54, 1.807) is 6.08 Å². The van der Waals surface area contributed by atoms with E-state index >= 15 is 0 Å². The molecule has 176 valence electrons. The van der Waals surface area contributed by atoms with E-state index in [0.29, 0.717) is 0 Å². The van der Waals surface area contributed by atoms with Gasteiger partial charge in [0, 0.05) is 23.8 Å². The fraction of sp³-hybridized carbons (Fsp3) is 0.207. The first-order chi connectivity index (χ1) is 16.8. The molecule has 3 aliphatic rings. The zero-order chi connectivity index (χ0) is 24.7. The van der Waals surface area contributed by atoms with Crippen LogP contribution in [0.3, 0.4) is 0 Å². The predicted octanol–water partition coefficient (Wildman–Crippen LogP) is 4.93. The molecule has 0 unspecified atom stereocenters. The van der Waals surface area contributed by atoms with Gasteiger partial charge in [0.05, 0.1) is 0 Å². The van der Waals surface area contributed by atoms with Crippen LogP contribution in [0.25, 0.3) is 5.57 Å². The van der Waals surface area contributed by atoms with E-state index < -0.39 is 11.8 Å². The van der Waals surface area contributed by atoms with Crippen LogP contribution >= 0.6 is 12.2 Å². The third-order valence-corrected chi connectivity index (χ3v) is 7.22. The summed E-state index contributed by atoms with van der Waals surface area (Å²) in [6.45, 7) is 4.51. The molecule has 6 heteroatoms. The molecule has 2 N–H and O–H groups in total. The van der Waals surface area contributed by atoms with Crippen LogP contribution in [0.5, 0.6) is 0 Å². The Labute approximate surface area is 210 Å². The Kier molecular flexibility index (Phi) is 5.77. The van der Waals surface area contributed by atoms with Gasteiger partial charge in [-0.2, -0.15) is 0 Å². The van der Waals surface area contributed by atoms with Crippen LogP contribution in [0.4, 0.5) is 5.69 Å². The van der Waals surface area contributed by atoms with E-state index in [1.807, 2.05) is 18.2 Å². The SMILES string of the molecule is CN1/C(=C/C=C2\CCC(C=C3C(=O)NC(=S)NC3=O)=C2c2ccccc2)C(C)(C)c2ccccc21. The standard InChI is InChI=1S/C29H27N3O2S/c1-29(2)22-11-7-8-12-23(22)32(3)24(29)16-15-19-13-14-20(25(19)18-9-5-4-6-10-18)17-21-26(33)30-28(35)31-27(21)34/h4-12,15-17H,13-14H2,1-3H3,(H2,30,31,33,34,35)/b19-15+,24-16+. The van der Waals surface area contributed by atoms with Gasteiger partial charge in [0.1, 0.15) is 5.57 Å². The zero-order valence-electron chi connectivity index (χ0n) is 20.0. The molecule has 1 aliphatic carbocycles. The molecule has 1 fully saturated rings. The second-order valence-corrected chi connectivity index (χ2v) is 9.91. The van der Waals surface area contributed by atoms with Crippen molar-refractivity contribution >= 4 is 40.4 Å². The van der Waals surface area contributed by atoms with Gasteiger partial charge in [0.2, 0.25) is 0 Å². The Hall–Kier alpha value is -3.77. The molecule has 2 aromatic carbocycles. The molecule has 0 atom stereocenters. The number of hydrogen-bond acceptors (Lipinski definition) is 4. The normalized spacial score (nSPS) is 21.5. The van der Waals surface area contributed by atoms with E-state index in [4.69, 9.17) is 12.2 Å². The maximum atomic E-state index is 12.5. The summed E-state index contributed by atoms with van der Waals surface area (Å²) in [6, 6.07) is 18.6. The first-order valence-corrected chi connectivity index (χ1v) is 12.1. The number of likely N-dealkylation sites (N-methyl/N-ethyl adjacent to an activating group) is 1. The van der Waals surface area contributed by atoms with E-state index in [2.05, 4.69) is 85.0 Å². The average Bonchev–Trinajstić information content (AvgIpc) is 3.31. The molecule has 2 heterocycles. The number of nitrogens with zero attached hydrogens (tertiary/aromatic N) is 1. The van der Waals surface area contributed by atoms with Gasteiger partial charge in [0.15, 0.2) is 5.11 Å². The van der Waals surface area contributed by atoms with E-state index in [0.717, 1.165) is 29.6 Å². The number of nitrogens with one attached hydrogen (secondary N) is 2. The molecule has 2 amide bonds. The first kappa shape index (κ1) is 23.0. The summed E-state index contributed by atoms with van der Waals surface area (Å²) in [5, 5.41) is 5.09. The molecule has 0 aromatic heterocycles. The quantitative estimate of drug-likeness (QED) is 0.371. The highest BCUT2D eigenvalue weighted by Crippen LogP contribution is 2.47. The van der Waals surface area contributed by atoms with Crippen molar-refractivity contribution in [2.75, 3.05) is 11.9 Å². The second-order valence-electron chi connectivity index (χ2n) is 9.51. The minimum atomic E-state index is -0.467. The molecule has 5 nitrogen and oxygen atoms in total. The lowest BCUT2D eigenvalue weighted by molar-refractivity contribution is -0.123. The summed E-state index contributed by atoms with van der Waals surface area (Å²) in [6.07, 6.45) is 7.69. The van der Waals surface area contributed by atoms with Crippen molar-refractivity contribution in [1.82, 2.24) is 10.6 Å². The van der Waals surface area contributed by atoms with Crippen molar-refractivity contribution in [1.29, 1.82) is 0 Å². The van der Waals surface area contributed by atoms with Crippen LogP contribution in [0.1, 0.15) is 37.8 Å². The molecular formula is C29H27N3O2S. The average molecular weight is 482 g/mol. The molecule has 2 aromatic rings. The lowest BCUT2D eigenvalue weighted by Crippen LogP contribution is -2.51. The summed E-state index contributed by atoms with van der Waals surface area (Å²) in [4.78, 5) is 27.2. The maximum absolute atomic E-state index is 12.5. The second kappa shape index (κ2) is 8.78. The molecule has 2 aliphatic heterocycles. The van der Waals surface area contributed by atoms with Crippen molar-refractivity contribution in [2.24, 2.45) is 0 Å². The van der Waals surface area contributed by atoms with Crippen LogP contribution < -0.4 is 15.5 Å². The Morgan fingerprint density at radius 3 is 2.26 bits per heavy atom. The number of rotatable bonds is 3. The van der Waals surface area contributed by atoms with Gasteiger partial charge in [-0.1, -0.05) is 68.5 Å². The van der Waals surface area contributed by atoms with Gasteiger partial charge in [-0.05, 0) is 71.1 Å². The predicted molar refractivity (Wildman–Crippen MR) is 144 cm³/mol. The first-order valence-electron chi connectivity index (χ1n) is 11.7. The minimum absolute atomic E-state index is 0.0392. The number of hydrogen-bond donors (Lipinski definition) is 2. The lowest BCUT2D eigenvalue weighted by atomic mass is 9.83. The number of amides is 2. The number of benzene rings is 2. The monoisotopic (exact) mass is 481 g/mol. The molecule has 1 saturated heterocycles. The van der Waals surface area contributed by atoms with Crippen molar-refractivity contribution in [3.8, 4) is 0 Å². The van der Waals surface area contributed by atoms with Gasteiger partial charge >= 0.3 is 0 Å². The number of allylic oxidation sites excluding steroid dienone is 7. The van der Waals surface area contributed by atoms with Gasteiger partial charge < -0.3 is 4.90 Å². The number of thiocarbonyl (C=S) groups is 1. The van der Waals surface area contributed by atoms with E-state index in [-0.39, 0.29) is 16.1 Å². The third-order valence-electron chi connectivity index (χ3n) is 7.01. The van der Waals surface area contributed by atoms with E-state index in [1.165, 1.54) is 22.5 Å². The zero-order valence-corrected chi connectivity index (χ0v) is 20.8. The molecule has 0 saturated carbocycles. The highest BCUT2D eigenvalue weighted by molar-refractivity contribution is 7.80. The van der Waals surface area contributed by atoms with Gasteiger partial charge in [-0.15, -0.1) is 0 Å². The molecule has 0 radical (unpaired) electrons. The molecule has 0 bridgehead atoms. The molecular weight excluding hydrogens is 454 g/mol. The Balaban J connectivity index is 1.59. The van der Waals surface area contributed by atoms with Gasteiger partial charge in [0.25, 0.3) is 11.8 Å². The van der Waals surface area contributed by atoms with Gasteiger partial charge in [-0.3, -0.25) is 20.2 Å². The summed E-state index contributed by atoms with van der Waals surface area (Å²) < 4.78 is 0. The topological polar surface area (TPSA) is 61.4 Å². The summed E-state index contributed by atoms with van der Waals surface area (Å²) in [7, 11) is 2.11. The maximum Gasteiger partial charge on any atom is 0.263 e. The highest BCUT2D eigenvalue weighted by Gasteiger charge is 2.38. The molecule has 5 rings (SSSR count). The Bertz CT molecular complexity index is 1360. The minimum Gasteiger partial charge on any atom is -0.347 e. The number of fused-ring (bicyclic) bond motifs is 1. The van der Waals surface area contributed by atoms with Crippen LogP contribution in [-0.4, -0.2) is 24.0 Å². The van der Waals surface area contributed by atoms with E-state index in [9.17, 15) is 9.59 Å². The van der Waals surface area contributed by atoms with Crippen molar-refractivity contribution in [2.45, 2.75) is 32.1 Å². The van der Waals surface area contributed by atoms with Crippen molar-refractivity contribution in [3.63, 3.8) is 0 Å². The van der Waals surface area contributed by atoms with Gasteiger partial charge in [-0.25, -0.2) is 0 Å². The molecule has 0 spiro atoms. The lowest BCUT2D eigenvalue weighted by Gasteiger charge is -2.24. The van der Waals surface area contributed by atoms with Crippen LogP contribution in [0.2, 0.25) is 0 Å². The fourth-order valence-electron chi connectivity index (χ4n) is 5.27. The molecule has 35 heavy (non-hydrogen) atoms. The summed E-state index contributed by atoms with van der Waals surface area (Å²) >= 11 is 4.93. The Morgan fingerprint density at radius 2 is 1.57 bits per heavy atom. The third kappa shape index (κ3) is 4.04. The number of carbonyl (C=O) groups is 2. The Morgan fingerprint density at radius 1 is 0.914 bits per heavy atom. The number of anilines is 1. The van der Waals surface area contributed by atoms with Crippen molar-refractivity contribution in [3.05, 3.63) is 106 Å². The van der Waals surface area contributed by atoms with Crippen LogP contribution in [0.15, 0.2) is 95.2 Å².